The number of phenolic OH excluding ortho intramolecular Hbond substituents is 1. The second-order valence-corrected chi connectivity index (χ2v) is 8.58. The normalized spacial score (nSPS) is 17.1. The molecule has 174 valence electrons. The third kappa shape index (κ3) is 4.22. The highest BCUT2D eigenvalue weighted by Crippen LogP contribution is 2.42. The number of aromatic nitrogens is 1. The Morgan fingerprint density at radius 2 is 1.91 bits per heavy atom. The molecule has 0 radical (unpaired) electrons. The molecule has 7 nitrogen and oxygen atoms in total. The monoisotopic (exact) mass is 457 g/mol. The zero-order valence-corrected chi connectivity index (χ0v) is 19.3. The number of allylic oxidation sites excluding steroid dienone is 1. The van der Waals surface area contributed by atoms with Crippen molar-refractivity contribution in [3.05, 3.63) is 82.9 Å². The molecule has 3 heterocycles. The van der Waals surface area contributed by atoms with Crippen molar-refractivity contribution in [2.45, 2.75) is 13.5 Å². The molecule has 1 N–H and O–H groups in total. The van der Waals surface area contributed by atoms with Crippen LogP contribution in [0.5, 0.6) is 17.2 Å². The van der Waals surface area contributed by atoms with Gasteiger partial charge < -0.3 is 19.5 Å². The van der Waals surface area contributed by atoms with E-state index in [2.05, 4.69) is 26.9 Å². The number of carbonyl (C=O) groups excluding carboxylic acids is 1. The first kappa shape index (κ1) is 22.0. The molecule has 2 aliphatic rings. The van der Waals surface area contributed by atoms with Gasteiger partial charge in [0.1, 0.15) is 17.2 Å². The number of methoxy groups -OCH3 is 1. The molecule has 0 saturated carbocycles. The SMILES string of the molecule is COc1ccc(N2CCN(Cc3c(O)cc(C)c4c3O/C(=C\c3cccnc3)C4=O)CC2)cc1. The van der Waals surface area contributed by atoms with Gasteiger partial charge in [-0.3, -0.25) is 14.7 Å². The zero-order valence-electron chi connectivity index (χ0n) is 19.3. The predicted molar refractivity (Wildman–Crippen MR) is 131 cm³/mol. The summed E-state index contributed by atoms with van der Waals surface area (Å²) in [6.45, 7) is 5.74. The lowest BCUT2D eigenvalue weighted by atomic mass is 9.99. The molecular weight excluding hydrogens is 430 g/mol. The number of fused-ring (bicyclic) bond motifs is 1. The highest BCUT2D eigenvalue weighted by atomic mass is 16.5. The molecule has 34 heavy (non-hydrogen) atoms. The molecular formula is C27H27N3O4. The van der Waals surface area contributed by atoms with Crippen molar-refractivity contribution in [2.75, 3.05) is 38.2 Å². The lowest BCUT2D eigenvalue weighted by Gasteiger charge is -2.36. The van der Waals surface area contributed by atoms with E-state index in [9.17, 15) is 9.90 Å². The van der Waals surface area contributed by atoms with Crippen LogP contribution in [-0.4, -0.2) is 54.1 Å². The standard InChI is InChI=1S/C27H27N3O4/c1-18-14-23(31)22(27-25(18)26(32)24(34-27)15-19-4-3-9-28-16-19)17-29-10-12-30(13-11-29)20-5-7-21(33-2)8-6-20/h3-9,14-16,31H,10-13,17H2,1-2H3/b24-15-. The summed E-state index contributed by atoms with van der Waals surface area (Å²) in [6, 6.07) is 13.4. The predicted octanol–water partition coefficient (Wildman–Crippen LogP) is 4.04. The molecule has 1 fully saturated rings. The number of aromatic hydroxyl groups is 1. The number of pyridine rings is 1. The lowest BCUT2D eigenvalue weighted by molar-refractivity contribution is 0.101. The molecule has 1 saturated heterocycles. The number of nitrogens with zero attached hydrogens (tertiary/aromatic N) is 3. The van der Waals surface area contributed by atoms with E-state index in [0.29, 0.717) is 29.0 Å². The summed E-state index contributed by atoms with van der Waals surface area (Å²) in [5, 5.41) is 10.8. The quantitative estimate of drug-likeness (QED) is 0.580. The van der Waals surface area contributed by atoms with Gasteiger partial charge in [0.15, 0.2) is 5.76 Å². The number of hydrogen-bond acceptors (Lipinski definition) is 7. The number of hydrogen-bond donors (Lipinski definition) is 1. The molecule has 2 aromatic carbocycles. The second-order valence-electron chi connectivity index (χ2n) is 8.58. The first-order chi connectivity index (χ1) is 16.5. The Labute approximate surface area is 198 Å². The summed E-state index contributed by atoms with van der Waals surface area (Å²) in [6.07, 6.45) is 5.06. The molecule has 5 rings (SSSR count). The Kier molecular flexibility index (Phi) is 5.94. The summed E-state index contributed by atoms with van der Waals surface area (Å²) >= 11 is 0. The number of Topliss-reactive ketones (excluding diaryl/α,β-unsaturated/α-hetero) is 1. The van der Waals surface area contributed by atoms with Gasteiger partial charge in [-0.05, 0) is 60.5 Å². The van der Waals surface area contributed by atoms with E-state index in [1.165, 1.54) is 5.69 Å². The third-order valence-electron chi connectivity index (χ3n) is 6.39. The van der Waals surface area contributed by atoms with Gasteiger partial charge in [0.25, 0.3) is 0 Å². The Morgan fingerprint density at radius 1 is 1.15 bits per heavy atom. The number of anilines is 1. The molecule has 7 heteroatoms. The van der Waals surface area contributed by atoms with Crippen molar-refractivity contribution in [3.8, 4) is 17.2 Å². The molecule has 0 spiro atoms. The lowest BCUT2D eigenvalue weighted by Crippen LogP contribution is -2.46. The van der Waals surface area contributed by atoms with Crippen LogP contribution >= 0.6 is 0 Å². The average Bonchev–Trinajstić information content (AvgIpc) is 3.19. The molecule has 3 aromatic rings. The van der Waals surface area contributed by atoms with Crippen LogP contribution in [0, 0.1) is 6.92 Å². The van der Waals surface area contributed by atoms with E-state index >= 15 is 0 Å². The van der Waals surface area contributed by atoms with Crippen molar-refractivity contribution in [1.29, 1.82) is 0 Å². The minimum Gasteiger partial charge on any atom is -0.507 e. The number of benzene rings is 2. The van der Waals surface area contributed by atoms with Gasteiger partial charge in [-0.2, -0.15) is 0 Å². The molecule has 0 unspecified atom stereocenters. The summed E-state index contributed by atoms with van der Waals surface area (Å²) in [7, 11) is 1.67. The highest BCUT2D eigenvalue weighted by molar-refractivity contribution is 6.15. The molecule has 0 aliphatic carbocycles. The fourth-order valence-corrected chi connectivity index (χ4v) is 4.53. The fourth-order valence-electron chi connectivity index (χ4n) is 4.53. The van der Waals surface area contributed by atoms with Crippen LogP contribution in [0.2, 0.25) is 0 Å². The number of aryl methyl sites for hydroxylation is 1. The smallest absolute Gasteiger partial charge is 0.232 e. The maximum absolute atomic E-state index is 13.1. The van der Waals surface area contributed by atoms with Crippen LogP contribution in [0.15, 0.2) is 60.6 Å². The van der Waals surface area contributed by atoms with Crippen molar-refractivity contribution in [1.82, 2.24) is 9.88 Å². The van der Waals surface area contributed by atoms with Gasteiger partial charge in [0, 0.05) is 50.8 Å². The van der Waals surface area contributed by atoms with Crippen molar-refractivity contribution in [2.24, 2.45) is 0 Å². The largest absolute Gasteiger partial charge is 0.507 e. The van der Waals surface area contributed by atoms with Crippen molar-refractivity contribution in [3.63, 3.8) is 0 Å². The molecule has 0 bridgehead atoms. The number of phenols is 1. The molecule has 2 aliphatic heterocycles. The number of ketones is 1. The van der Waals surface area contributed by atoms with E-state index in [-0.39, 0.29) is 17.3 Å². The van der Waals surface area contributed by atoms with E-state index < -0.39 is 0 Å². The highest BCUT2D eigenvalue weighted by Gasteiger charge is 2.34. The Bertz CT molecular complexity index is 1230. The molecule has 0 atom stereocenters. The minimum atomic E-state index is -0.165. The molecule has 1 aromatic heterocycles. The van der Waals surface area contributed by atoms with E-state index in [1.54, 1.807) is 31.6 Å². The maximum Gasteiger partial charge on any atom is 0.232 e. The van der Waals surface area contributed by atoms with Crippen molar-refractivity contribution < 1.29 is 19.4 Å². The first-order valence-corrected chi connectivity index (χ1v) is 11.3. The Hall–Kier alpha value is -3.84. The van der Waals surface area contributed by atoms with Gasteiger partial charge in [-0.1, -0.05) is 6.07 Å². The van der Waals surface area contributed by atoms with E-state index in [1.807, 2.05) is 31.2 Å². The summed E-state index contributed by atoms with van der Waals surface area (Å²) < 4.78 is 11.3. The fraction of sp³-hybridized carbons (Fsp3) is 0.259. The number of rotatable bonds is 5. The summed E-state index contributed by atoms with van der Waals surface area (Å²) in [5.74, 6) is 1.56. The van der Waals surface area contributed by atoms with Crippen LogP contribution in [0.3, 0.4) is 0 Å². The van der Waals surface area contributed by atoms with Crippen LogP contribution in [0.25, 0.3) is 6.08 Å². The van der Waals surface area contributed by atoms with E-state index in [4.69, 9.17) is 9.47 Å². The Balaban J connectivity index is 1.33. The Morgan fingerprint density at radius 3 is 2.59 bits per heavy atom. The van der Waals surface area contributed by atoms with Crippen LogP contribution in [-0.2, 0) is 6.54 Å². The van der Waals surface area contributed by atoms with Gasteiger partial charge in [0.2, 0.25) is 5.78 Å². The van der Waals surface area contributed by atoms with Gasteiger partial charge in [-0.15, -0.1) is 0 Å². The first-order valence-electron chi connectivity index (χ1n) is 11.3. The third-order valence-corrected chi connectivity index (χ3v) is 6.39. The second kappa shape index (κ2) is 9.19. The van der Waals surface area contributed by atoms with Crippen molar-refractivity contribution >= 4 is 17.5 Å². The van der Waals surface area contributed by atoms with Crippen LogP contribution in [0.1, 0.15) is 27.0 Å². The number of carbonyl (C=O) groups is 1. The summed E-state index contributed by atoms with van der Waals surface area (Å²) in [5.41, 5.74) is 3.84. The van der Waals surface area contributed by atoms with Gasteiger partial charge >= 0.3 is 0 Å². The van der Waals surface area contributed by atoms with Crippen LogP contribution in [0.4, 0.5) is 5.69 Å². The van der Waals surface area contributed by atoms with E-state index in [0.717, 1.165) is 37.5 Å². The average molecular weight is 458 g/mol. The zero-order chi connectivity index (χ0) is 23.7. The van der Waals surface area contributed by atoms with Crippen LogP contribution < -0.4 is 14.4 Å². The summed E-state index contributed by atoms with van der Waals surface area (Å²) in [4.78, 5) is 21.8. The maximum atomic E-state index is 13.1. The number of piperazine rings is 1. The molecule has 0 amide bonds. The number of ether oxygens (including phenoxy) is 2. The van der Waals surface area contributed by atoms with Gasteiger partial charge in [0.05, 0.1) is 18.2 Å². The minimum absolute atomic E-state index is 0.157. The topological polar surface area (TPSA) is 75.1 Å². The van der Waals surface area contributed by atoms with Gasteiger partial charge in [-0.25, -0.2) is 0 Å².